The molecule has 2 saturated heterocycles. The maximum Gasteiger partial charge on any atom is 0.105 e. The van der Waals surface area contributed by atoms with Gasteiger partial charge in [0, 0.05) is 30.2 Å². The van der Waals surface area contributed by atoms with Gasteiger partial charge in [-0.1, -0.05) is 11.6 Å². The van der Waals surface area contributed by atoms with Crippen LogP contribution in [0.15, 0.2) is 6.07 Å². The lowest BCUT2D eigenvalue weighted by Crippen LogP contribution is -2.53. The minimum atomic E-state index is -0.105. The molecule has 0 unspecified atom stereocenters. The first-order valence-electron chi connectivity index (χ1n) is 8.91. The Hall–Kier alpha value is -0.130. The van der Waals surface area contributed by atoms with Gasteiger partial charge in [0.1, 0.15) is 5.60 Å². The van der Waals surface area contributed by atoms with Crippen molar-refractivity contribution >= 4 is 22.9 Å². The van der Waals surface area contributed by atoms with Crippen LogP contribution in [0.5, 0.6) is 0 Å². The molecule has 5 heteroatoms. The molecule has 1 spiro atoms. The van der Waals surface area contributed by atoms with Crippen molar-refractivity contribution in [1.29, 1.82) is 0 Å². The highest BCUT2D eigenvalue weighted by Crippen LogP contribution is 2.48. The number of piperidine rings is 1. The van der Waals surface area contributed by atoms with E-state index in [-0.39, 0.29) is 5.60 Å². The van der Waals surface area contributed by atoms with Gasteiger partial charge in [-0.2, -0.15) is 0 Å². The number of rotatable bonds is 2. The molecule has 1 N–H and O–H groups in total. The molecule has 3 aliphatic heterocycles. The lowest BCUT2D eigenvalue weighted by molar-refractivity contribution is -0.0974. The van der Waals surface area contributed by atoms with Gasteiger partial charge in [0.25, 0.3) is 0 Å². The van der Waals surface area contributed by atoms with E-state index in [1.54, 1.807) is 11.3 Å². The normalized spacial score (nSPS) is 35.4. The van der Waals surface area contributed by atoms with Crippen molar-refractivity contribution in [3.05, 3.63) is 20.8 Å². The van der Waals surface area contributed by atoms with Crippen molar-refractivity contribution in [3.8, 4) is 0 Å². The van der Waals surface area contributed by atoms with Crippen LogP contribution in [-0.2, 0) is 21.5 Å². The third-order valence-corrected chi connectivity index (χ3v) is 7.13. The van der Waals surface area contributed by atoms with E-state index in [1.165, 1.54) is 29.7 Å². The third-order valence-electron chi connectivity index (χ3n) is 5.63. The SMILES string of the molecule is C[C@H]1C[C@@]2(C[C@@H](CC3CCOCC3)N1)OCCc1cc(Cl)sc12. The molecule has 1 aromatic heterocycles. The molecule has 0 aromatic carbocycles. The summed E-state index contributed by atoms with van der Waals surface area (Å²) in [6.07, 6.45) is 6.80. The van der Waals surface area contributed by atoms with Crippen molar-refractivity contribution in [1.82, 2.24) is 5.32 Å². The van der Waals surface area contributed by atoms with Crippen LogP contribution >= 0.6 is 22.9 Å². The van der Waals surface area contributed by atoms with Crippen molar-refractivity contribution < 1.29 is 9.47 Å². The van der Waals surface area contributed by atoms with Crippen LogP contribution in [0.25, 0.3) is 0 Å². The van der Waals surface area contributed by atoms with E-state index < -0.39 is 0 Å². The number of fused-ring (bicyclic) bond motifs is 2. The number of nitrogens with one attached hydrogen (secondary N) is 1. The molecule has 4 heterocycles. The summed E-state index contributed by atoms with van der Waals surface area (Å²) in [6.45, 7) is 4.99. The van der Waals surface area contributed by atoms with Crippen LogP contribution in [0, 0.1) is 5.92 Å². The Balaban J connectivity index is 1.54. The number of hydrogen-bond acceptors (Lipinski definition) is 4. The van der Waals surface area contributed by atoms with Gasteiger partial charge in [-0.15, -0.1) is 11.3 Å². The summed E-state index contributed by atoms with van der Waals surface area (Å²) in [4.78, 5) is 1.40. The molecular weight excluding hydrogens is 330 g/mol. The Morgan fingerprint density at radius 2 is 2.13 bits per heavy atom. The molecule has 2 fully saturated rings. The molecule has 4 rings (SSSR count). The van der Waals surface area contributed by atoms with Gasteiger partial charge in [-0.25, -0.2) is 0 Å². The zero-order chi connectivity index (χ0) is 15.9. The highest BCUT2D eigenvalue weighted by atomic mass is 35.5. The molecule has 3 aliphatic rings. The molecule has 0 amide bonds. The van der Waals surface area contributed by atoms with Crippen LogP contribution in [-0.4, -0.2) is 31.9 Å². The summed E-state index contributed by atoms with van der Waals surface area (Å²) in [5.41, 5.74) is 1.32. The van der Waals surface area contributed by atoms with E-state index in [2.05, 4.69) is 18.3 Å². The third kappa shape index (κ3) is 3.34. The minimum absolute atomic E-state index is 0.105. The molecule has 3 atom stereocenters. The van der Waals surface area contributed by atoms with E-state index in [0.717, 1.165) is 49.3 Å². The second kappa shape index (κ2) is 6.64. The molecule has 1 aromatic rings. The molecule has 0 aliphatic carbocycles. The highest BCUT2D eigenvalue weighted by Gasteiger charge is 2.45. The Morgan fingerprint density at radius 1 is 1.30 bits per heavy atom. The fraction of sp³-hybridized carbons (Fsp3) is 0.778. The molecule has 0 saturated carbocycles. The number of hydrogen-bond donors (Lipinski definition) is 1. The summed E-state index contributed by atoms with van der Waals surface area (Å²) in [6, 6.07) is 3.18. The predicted molar refractivity (Wildman–Crippen MR) is 94.4 cm³/mol. The van der Waals surface area contributed by atoms with Gasteiger partial charge in [0.05, 0.1) is 10.9 Å². The lowest BCUT2D eigenvalue weighted by atomic mass is 9.77. The zero-order valence-corrected chi connectivity index (χ0v) is 15.3. The van der Waals surface area contributed by atoms with Crippen LogP contribution in [0.2, 0.25) is 4.34 Å². The Morgan fingerprint density at radius 3 is 2.96 bits per heavy atom. The van der Waals surface area contributed by atoms with E-state index in [9.17, 15) is 0 Å². The summed E-state index contributed by atoms with van der Waals surface area (Å²) < 4.78 is 12.8. The predicted octanol–water partition coefficient (Wildman–Crippen LogP) is 4.13. The largest absolute Gasteiger partial charge is 0.381 e. The summed E-state index contributed by atoms with van der Waals surface area (Å²) in [5, 5.41) is 3.82. The van der Waals surface area contributed by atoms with Gasteiger partial charge < -0.3 is 14.8 Å². The number of ether oxygens (including phenoxy) is 2. The van der Waals surface area contributed by atoms with Crippen molar-refractivity contribution in [2.75, 3.05) is 19.8 Å². The second-order valence-electron chi connectivity index (χ2n) is 7.46. The van der Waals surface area contributed by atoms with Crippen molar-refractivity contribution in [2.45, 2.75) is 63.1 Å². The number of halogens is 1. The maximum atomic E-state index is 6.42. The van der Waals surface area contributed by atoms with E-state index in [0.29, 0.717) is 12.1 Å². The average Bonchev–Trinajstić information content (AvgIpc) is 2.90. The van der Waals surface area contributed by atoms with Gasteiger partial charge in [0.2, 0.25) is 0 Å². The highest BCUT2D eigenvalue weighted by molar-refractivity contribution is 7.16. The fourth-order valence-corrected chi connectivity index (χ4v) is 6.19. The minimum Gasteiger partial charge on any atom is -0.381 e. The monoisotopic (exact) mass is 355 g/mol. The van der Waals surface area contributed by atoms with Crippen LogP contribution in [0.1, 0.15) is 49.5 Å². The van der Waals surface area contributed by atoms with Gasteiger partial charge in [-0.05, 0) is 63.0 Å². The smallest absolute Gasteiger partial charge is 0.105 e. The molecule has 128 valence electrons. The van der Waals surface area contributed by atoms with Crippen LogP contribution in [0.4, 0.5) is 0 Å². The Bertz CT molecular complexity index is 557. The lowest BCUT2D eigenvalue weighted by Gasteiger charge is -2.47. The maximum absolute atomic E-state index is 6.42. The van der Waals surface area contributed by atoms with Crippen molar-refractivity contribution in [3.63, 3.8) is 0 Å². The summed E-state index contributed by atoms with van der Waals surface area (Å²) in [5.74, 6) is 0.790. The number of thiophene rings is 1. The zero-order valence-electron chi connectivity index (χ0n) is 13.8. The average molecular weight is 356 g/mol. The van der Waals surface area contributed by atoms with Crippen molar-refractivity contribution in [2.24, 2.45) is 5.92 Å². The van der Waals surface area contributed by atoms with E-state index in [1.807, 2.05) is 0 Å². The molecule has 23 heavy (non-hydrogen) atoms. The fourth-order valence-electron chi connectivity index (χ4n) is 4.72. The first-order chi connectivity index (χ1) is 11.1. The Labute approximate surface area is 147 Å². The van der Waals surface area contributed by atoms with Gasteiger partial charge >= 0.3 is 0 Å². The van der Waals surface area contributed by atoms with E-state index >= 15 is 0 Å². The topological polar surface area (TPSA) is 30.5 Å². The first-order valence-corrected chi connectivity index (χ1v) is 10.1. The van der Waals surface area contributed by atoms with Crippen LogP contribution in [0.3, 0.4) is 0 Å². The molecule has 0 bridgehead atoms. The molecule has 0 radical (unpaired) electrons. The summed E-state index contributed by atoms with van der Waals surface area (Å²) >= 11 is 8.05. The quantitative estimate of drug-likeness (QED) is 0.865. The van der Waals surface area contributed by atoms with Gasteiger partial charge in [-0.3, -0.25) is 0 Å². The standard InChI is InChI=1S/C18H26ClNO2S/c1-12-10-18(17-14(4-7-22-18)9-16(19)23-17)11-15(20-12)8-13-2-5-21-6-3-13/h9,12-13,15,20H,2-8,10-11H2,1H3/t12-,15+,18-/m0/s1. The Kier molecular flexibility index (Phi) is 4.72. The van der Waals surface area contributed by atoms with Gasteiger partial charge in [0.15, 0.2) is 0 Å². The molecule has 3 nitrogen and oxygen atoms in total. The molecular formula is C18H26ClNO2S. The van der Waals surface area contributed by atoms with Crippen LogP contribution < -0.4 is 5.32 Å². The summed E-state index contributed by atoms with van der Waals surface area (Å²) in [7, 11) is 0. The van der Waals surface area contributed by atoms with E-state index in [4.69, 9.17) is 21.1 Å². The first kappa shape index (κ1) is 16.3. The second-order valence-corrected chi connectivity index (χ2v) is 9.15.